The van der Waals surface area contributed by atoms with Crippen molar-refractivity contribution in [1.29, 1.82) is 0 Å². The number of aromatic nitrogens is 3. The molecule has 0 bridgehead atoms. The minimum atomic E-state index is -0.412. The van der Waals surface area contributed by atoms with Crippen LogP contribution in [0.15, 0.2) is 29.4 Å². The number of carbonyl (C=O) groups excluding carboxylic acids is 2. The van der Waals surface area contributed by atoms with Crippen LogP contribution in [0.1, 0.15) is 70.9 Å². The fourth-order valence-corrected chi connectivity index (χ4v) is 4.73. The summed E-state index contributed by atoms with van der Waals surface area (Å²) >= 11 is 1.34. The topological polar surface area (TPSA) is 88.9 Å². The highest BCUT2D eigenvalue weighted by Crippen LogP contribution is 2.37. The molecule has 3 amide bonds. The summed E-state index contributed by atoms with van der Waals surface area (Å²) in [6.45, 7) is 6.61. The van der Waals surface area contributed by atoms with Gasteiger partial charge in [0.25, 0.3) is 0 Å². The molecule has 0 spiro atoms. The molecule has 1 aromatic heterocycles. The Morgan fingerprint density at radius 1 is 1.06 bits per heavy atom. The van der Waals surface area contributed by atoms with Crippen LogP contribution >= 0.6 is 11.8 Å². The summed E-state index contributed by atoms with van der Waals surface area (Å²) in [7, 11) is 0. The first-order chi connectivity index (χ1) is 14.8. The molecule has 0 unspecified atom stereocenters. The number of carbonyl (C=O) groups is 2. The lowest BCUT2D eigenvalue weighted by Gasteiger charge is -2.20. The Morgan fingerprint density at radius 3 is 2.35 bits per heavy atom. The van der Waals surface area contributed by atoms with E-state index in [0.717, 1.165) is 42.2 Å². The van der Waals surface area contributed by atoms with Gasteiger partial charge in [0, 0.05) is 17.6 Å². The summed E-state index contributed by atoms with van der Waals surface area (Å²) in [4.78, 5) is 24.0. The molecule has 2 fully saturated rings. The number of thioether (sulfide) groups is 1. The van der Waals surface area contributed by atoms with E-state index in [1.54, 1.807) is 0 Å². The third kappa shape index (κ3) is 5.47. The Hall–Kier alpha value is -2.35. The SMILES string of the molecule is CC(C)(C)c1ccc(-c2nnc(SCC(=O)NC(=O)NC3CC3)n2C2CCCC2)cc1. The fraction of sp³-hybridized carbons (Fsp3) is 0.565. The van der Waals surface area contributed by atoms with Crippen molar-refractivity contribution in [3.8, 4) is 11.4 Å². The third-order valence-corrected chi connectivity index (χ3v) is 6.80. The standard InChI is InChI=1S/C23H31N5O2S/c1-23(2,3)16-10-8-15(9-11-16)20-26-27-22(28(20)18-6-4-5-7-18)31-14-19(29)25-21(30)24-17-12-13-17/h8-11,17-18H,4-7,12-14H2,1-3H3,(H2,24,25,29,30). The summed E-state index contributed by atoms with van der Waals surface area (Å²) in [6.07, 6.45) is 6.54. The zero-order valence-corrected chi connectivity index (χ0v) is 19.3. The first-order valence-electron chi connectivity index (χ1n) is 11.1. The van der Waals surface area contributed by atoms with Crippen LogP contribution in [-0.4, -0.2) is 38.5 Å². The van der Waals surface area contributed by atoms with Gasteiger partial charge in [-0.2, -0.15) is 0 Å². The van der Waals surface area contributed by atoms with E-state index in [1.807, 2.05) is 0 Å². The second kappa shape index (κ2) is 9.02. The highest BCUT2D eigenvalue weighted by molar-refractivity contribution is 7.99. The second-order valence-corrected chi connectivity index (χ2v) is 10.5. The first-order valence-corrected chi connectivity index (χ1v) is 12.1. The van der Waals surface area contributed by atoms with E-state index in [2.05, 4.69) is 70.4 Å². The molecule has 7 nitrogen and oxygen atoms in total. The van der Waals surface area contributed by atoms with Gasteiger partial charge >= 0.3 is 6.03 Å². The van der Waals surface area contributed by atoms with E-state index in [1.165, 1.54) is 30.2 Å². The van der Waals surface area contributed by atoms with Gasteiger partial charge < -0.3 is 5.32 Å². The van der Waals surface area contributed by atoms with Crippen LogP contribution in [0.3, 0.4) is 0 Å². The fourth-order valence-electron chi connectivity index (χ4n) is 3.93. The van der Waals surface area contributed by atoms with Gasteiger partial charge in [0.15, 0.2) is 11.0 Å². The molecule has 4 rings (SSSR count). The quantitative estimate of drug-likeness (QED) is 0.647. The maximum Gasteiger partial charge on any atom is 0.321 e. The van der Waals surface area contributed by atoms with Gasteiger partial charge in [-0.05, 0) is 36.7 Å². The predicted molar refractivity (Wildman–Crippen MR) is 122 cm³/mol. The van der Waals surface area contributed by atoms with E-state index in [9.17, 15) is 9.59 Å². The number of nitrogens with zero attached hydrogens (tertiary/aromatic N) is 3. The zero-order chi connectivity index (χ0) is 22.0. The predicted octanol–water partition coefficient (Wildman–Crippen LogP) is 4.44. The molecule has 0 radical (unpaired) electrons. The monoisotopic (exact) mass is 441 g/mol. The van der Waals surface area contributed by atoms with Crippen LogP contribution in [0.25, 0.3) is 11.4 Å². The van der Waals surface area contributed by atoms with E-state index < -0.39 is 6.03 Å². The summed E-state index contributed by atoms with van der Waals surface area (Å²) < 4.78 is 2.20. The Balaban J connectivity index is 1.49. The van der Waals surface area contributed by atoms with E-state index in [-0.39, 0.29) is 23.1 Å². The molecular weight excluding hydrogens is 410 g/mol. The van der Waals surface area contributed by atoms with Crippen LogP contribution < -0.4 is 10.6 Å². The van der Waals surface area contributed by atoms with Crippen LogP contribution in [0, 0.1) is 0 Å². The van der Waals surface area contributed by atoms with Gasteiger partial charge in [0.1, 0.15) is 0 Å². The van der Waals surface area contributed by atoms with Crippen LogP contribution in [0.4, 0.5) is 4.79 Å². The molecule has 166 valence electrons. The van der Waals surface area contributed by atoms with Gasteiger partial charge in [0.2, 0.25) is 5.91 Å². The average Bonchev–Trinajstić information content (AvgIpc) is 3.20. The largest absolute Gasteiger partial charge is 0.335 e. The molecule has 8 heteroatoms. The zero-order valence-electron chi connectivity index (χ0n) is 18.5. The summed E-state index contributed by atoms with van der Waals surface area (Å²) in [5.74, 6) is 0.660. The van der Waals surface area contributed by atoms with Crippen molar-refractivity contribution in [2.45, 2.75) is 82.0 Å². The summed E-state index contributed by atoms with van der Waals surface area (Å²) in [5, 5.41) is 14.8. The maximum atomic E-state index is 12.2. The van der Waals surface area contributed by atoms with E-state index in [4.69, 9.17) is 0 Å². The van der Waals surface area contributed by atoms with Crippen molar-refractivity contribution in [3.63, 3.8) is 0 Å². The molecular formula is C23H31N5O2S. The second-order valence-electron chi connectivity index (χ2n) is 9.53. The average molecular weight is 442 g/mol. The van der Waals surface area contributed by atoms with Crippen molar-refractivity contribution in [3.05, 3.63) is 29.8 Å². The number of amides is 3. The lowest BCUT2D eigenvalue weighted by molar-refractivity contribution is -0.117. The number of nitrogens with one attached hydrogen (secondary N) is 2. The molecule has 0 aliphatic heterocycles. The third-order valence-electron chi connectivity index (χ3n) is 5.86. The molecule has 2 aliphatic rings. The molecule has 0 atom stereocenters. The Labute approximate surface area is 187 Å². The van der Waals surface area contributed by atoms with E-state index in [0.29, 0.717) is 6.04 Å². The number of imide groups is 1. The molecule has 1 aromatic carbocycles. The smallest absolute Gasteiger partial charge is 0.321 e. The molecule has 2 aliphatic carbocycles. The molecule has 0 saturated heterocycles. The summed E-state index contributed by atoms with van der Waals surface area (Å²) in [5.41, 5.74) is 2.41. The first kappa shape index (κ1) is 21.9. The van der Waals surface area contributed by atoms with Crippen molar-refractivity contribution >= 4 is 23.7 Å². The van der Waals surface area contributed by atoms with Gasteiger partial charge in [-0.1, -0.05) is 69.6 Å². The van der Waals surface area contributed by atoms with Crippen molar-refractivity contribution in [2.24, 2.45) is 0 Å². The van der Waals surface area contributed by atoms with Crippen LogP contribution in [-0.2, 0) is 10.2 Å². The van der Waals surface area contributed by atoms with Gasteiger partial charge in [-0.15, -0.1) is 10.2 Å². The maximum absolute atomic E-state index is 12.2. The molecule has 31 heavy (non-hydrogen) atoms. The van der Waals surface area contributed by atoms with Gasteiger partial charge in [-0.25, -0.2) is 4.79 Å². The van der Waals surface area contributed by atoms with Crippen LogP contribution in [0.5, 0.6) is 0 Å². The van der Waals surface area contributed by atoms with Crippen LogP contribution in [0.2, 0.25) is 0 Å². The lowest BCUT2D eigenvalue weighted by atomic mass is 9.86. The Kier molecular flexibility index (Phi) is 6.36. The van der Waals surface area contributed by atoms with E-state index >= 15 is 0 Å². The highest BCUT2D eigenvalue weighted by atomic mass is 32.2. The van der Waals surface area contributed by atoms with Crippen molar-refractivity contribution in [1.82, 2.24) is 25.4 Å². The summed E-state index contributed by atoms with van der Waals surface area (Å²) in [6, 6.07) is 8.68. The highest BCUT2D eigenvalue weighted by Gasteiger charge is 2.27. The minimum absolute atomic E-state index is 0.0951. The van der Waals surface area contributed by atoms with Crippen molar-refractivity contribution < 1.29 is 9.59 Å². The molecule has 2 N–H and O–H groups in total. The van der Waals surface area contributed by atoms with Crippen molar-refractivity contribution in [2.75, 3.05) is 5.75 Å². The Morgan fingerprint density at radius 2 is 1.74 bits per heavy atom. The van der Waals surface area contributed by atoms with Gasteiger partial charge in [-0.3, -0.25) is 14.7 Å². The minimum Gasteiger partial charge on any atom is -0.335 e. The normalized spacial score (nSPS) is 17.0. The number of urea groups is 1. The molecule has 2 aromatic rings. The van der Waals surface area contributed by atoms with Gasteiger partial charge in [0.05, 0.1) is 5.75 Å². The Bertz CT molecular complexity index is 938. The molecule has 1 heterocycles. The number of hydrogen-bond acceptors (Lipinski definition) is 5. The lowest BCUT2D eigenvalue weighted by Crippen LogP contribution is -2.41. The number of hydrogen-bond donors (Lipinski definition) is 2. The molecule has 2 saturated carbocycles. The number of benzene rings is 1. The number of rotatable bonds is 6.